The molecule has 0 radical (unpaired) electrons. The van der Waals surface area contributed by atoms with Gasteiger partial charge in [0, 0.05) is 38.6 Å². The van der Waals surface area contributed by atoms with Gasteiger partial charge in [0.1, 0.15) is 29.5 Å². The molecule has 15 nitrogen and oxygen atoms in total. The van der Waals surface area contributed by atoms with Crippen LogP contribution in [0, 0.1) is 29.1 Å². The highest BCUT2D eigenvalue weighted by molar-refractivity contribution is 6.58. The number of aryl methyl sites for hydroxylation is 2. The average molecular weight is 854 g/mol. The number of fused-ring (bicyclic) bond motifs is 5. The summed E-state index contributed by atoms with van der Waals surface area (Å²) in [5, 5.41) is 9.76. The van der Waals surface area contributed by atoms with Gasteiger partial charge in [-0.15, -0.1) is 23.2 Å². The Hall–Kier alpha value is -5.73. The molecule has 2 aliphatic heterocycles. The standard InChI is InChI=1S/C36H27Cl2F5N6O9/c1-45-18-11-22(57-3)21(56-2)10-17(18)44-16(30(45)51)7-8-46-33(54)47-9-6-15-19(49(47)34(46)55)12-35(37)31(52)48(29-27(42)25(40)24(39)26(41)28(29)43)32(53)36(35,38)23(15)20-5-4-14(13-50)58-20/h4-6,10-11,19,23,50H,7-9,12-13H2,1-3H3/t19-,23-,35-,36+/m1/s1. The highest BCUT2D eigenvalue weighted by Gasteiger charge is 2.77. The second-order valence-electron chi connectivity index (χ2n) is 13.7. The van der Waals surface area contributed by atoms with Crippen LogP contribution in [0.2, 0.25) is 0 Å². The Morgan fingerprint density at radius 2 is 1.55 bits per heavy atom. The Bertz CT molecular complexity index is 2840. The Morgan fingerprint density at radius 1 is 0.914 bits per heavy atom. The molecule has 5 aromatic rings. The SMILES string of the molecule is COc1cc2nc(CCn3c(=O)n4n(c3=O)[C@@H]3C[C@@]5(Cl)C(=O)N(c6c(F)c(F)c(F)c(F)c6F)C(=O)[C@@]5(Cl)[C@@H](c5ccc(CO)o5)C3=CC4)c(=O)n(C)c2cc1OC. The first-order chi connectivity index (χ1) is 27.5. The largest absolute Gasteiger partial charge is 0.493 e. The van der Waals surface area contributed by atoms with Gasteiger partial charge < -0.3 is 23.6 Å². The van der Waals surface area contributed by atoms with Gasteiger partial charge in [0.15, 0.2) is 44.5 Å². The second-order valence-corrected chi connectivity index (χ2v) is 14.9. The number of aromatic nitrogens is 5. The van der Waals surface area contributed by atoms with E-state index in [0.29, 0.717) is 22.5 Å². The van der Waals surface area contributed by atoms with Gasteiger partial charge in [-0.2, -0.15) is 0 Å². The molecule has 2 fully saturated rings. The van der Waals surface area contributed by atoms with Crippen molar-refractivity contribution in [2.75, 3.05) is 19.1 Å². The van der Waals surface area contributed by atoms with Gasteiger partial charge in [0.25, 0.3) is 17.4 Å². The molecule has 2 amide bonds. The number of aliphatic hydroxyl groups excluding tert-OH is 1. The number of carbonyl (C=O) groups excluding carboxylic acids is 2. The number of benzene rings is 2. The van der Waals surface area contributed by atoms with Crippen molar-refractivity contribution in [1.29, 1.82) is 0 Å². The number of hydrogen-bond acceptors (Lipinski definition) is 10. The van der Waals surface area contributed by atoms with Gasteiger partial charge in [-0.05, 0) is 17.7 Å². The molecule has 1 saturated heterocycles. The van der Waals surface area contributed by atoms with E-state index in [1.807, 2.05) is 0 Å². The number of hydrogen-bond donors (Lipinski definition) is 1. The third-order valence-electron chi connectivity index (χ3n) is 10.9. The lowest BCUT2D eigenvalue weighted by Gasteiger charge is -2.48. The van der Waals surface area contributed by atoms with E-state index in [0.717, 1.165) is 13.9 Å². The number of amides is 2. The lowest BCUT2D eigenvalue weighted by atomic mass is 9.65. The maximum absolute atomic E-state index is 15.2. The maximum Gasteiger partial charge on any atom is 0.347 e. The van der Waals surface area contributed by atoms with Crippen LogP contribution < -0.4 is 31.3 Å². The molecule has 5 heterocycles. The van der Waals surface area contributed by atoms with Crippen molar-refractivity contribution in [2.45, 2.75) is 54.2 Å². The first kappa shape index (κ1) is 39.1. The monoisotopic (exact) mass is 852 g/mol. The minimum atomic E-state index is -2.82. The van der Waals surface area contributed by atoms with Crippen LogP contribution in [0.15, 0.2) is 54.7 Å². The Balaban J connectivity index is 1.24. The molecule has 0 spiro atoms. The topological polar surface area (TPSA) is 173 Å². The minimum Gasteiger partial charge on any atom is -0.493 e. The van der Waals surface area contributed by atoms with Crippen LogP contribution >= 0.6 is 23.2 Å². The molecule has 22 heteroatoms. The zero-order valence-electron chi connectivity index (χ0n) is 30.1. The van der Waals surface area contributed by atoms with Crippen LogP contribution in [0.25, 0.3) is 11.0 Å². The number of nitrogens with zero attached hydrogens (tertiary/aromatic N) is 6. The van der Waals surface area contributed by atoms with Crippen LogP contribution in [0.1, 0.15) is 35.6 Å². The number of halogens is 7. The van der Waals surface area contributed by atoms with E-state index >= 15 is 8.78 Å². The van der Waals surface area contributed by atoms with E-state index in [9.17, 15) is 42.3 Å². The predicted molar refractivity (Wildman–Crippen MR) is 192 cm³/mol. The highest BCUT2D eigenvalue weighted by atomic mass is 35.5. The van der Waals surface area contributed by atoms with E-state index < -0.39 is 98.3 Å². The Morgan fingerprint density at radius 3 is 2.17 bits per heavy atom. The van der Waals surface area contributed by atoms with Gasteiger partial charge in [-0.3, -0.25) is 14.4 Å². The third kappa shape index (κ3) is 5.06. The molecule has 0 unspecified atom stereocenters. The third-order valence-corrected chi connectivity index (χ3v) is 12.3. The quantitative estimate of drug-likeness (QED) is 0.0610. The predicted octanol–water partition coefficient (Wildman–Crippen LogP) is 3.30. The molecule has 58 heavy (non-hydrogen) atoms. The van der Waals surface area contributed by atoms with Crippen molar-refractivity contribution in [2.24, 2.45) is 7.05 Å². The average Bonchev–Trinajstić information content (AvgIpc) is 3.83. The highest BCUT2D eigenvalue weighted by Crippen LogP contribution is 2.64. The molecule has 0 bridgehead atoms. The smallest absolute Gasteiger partial charge is 0.347 e. The van der Waals surface area contributed by atoms with E-state index in [-0.39, 0.29) is 47.2 Å². The zero-order chi connectivity index (χ0) is 41.9. The second kappa shape index (κ2) is 13.4. The zero-order valence-corrected chi connectivity index (χ0v) is 31.6. The van der Waals surface area contributed by atoms with Crippen molar-refractivity contribution in [3.8, 4) is 11.5 Å². The van der Waals surface area contributed by atoms with Crippen LogP contribution in [0.5, 0.6) is 11.5 Å². The van der Waals surface area contributed by atoms with Crippen molar-refractivity contribution in [1.82, 2.24) is 23.5 Å². The molecule has 2 aromatic carbocycles. The van der Waals surface area contributed by atoms with E-state index in [4.69, 9.17) is 37.1 Å². The molecule has 3 aromatic heterocycles. The fraction of sp³-hybridized carbons (Fsp3) is 0.333. The summed E-state index contributed by atoms with van der Waals surface area (Å²) in [6.45, 7) is -1.40. The van der Waals surface area contributed by atoms with E-state index in [2.05, 4.69) is 4.98 Å². The molecular formula is C36H27Cl2F5N6O9. The van der Waals surface area contributed by atoms with Gasteiger partial charge in [-0.25, -0.2) is 55.4 Å². The van der Waals surface area contributed by atoms with Crippen molar-refractivity contribution in [3.05, 3.63) is 114 Å². The fourth-order valence-corrected chi connectivity index (χ4v) is 9.00. The number of furan rings is 1. The fourth-order valence-electron chi connectivity index (χ4n) is 8.10. The molecule has 3 aliphatic rings. The Labute approximate surface area is 330 Å². The van der Waals surface area contributed by atoms with Gasteiger partial charge in [-0.1, -0.05) is 6.08 Å². The summed E-state index contributed by atoms with van der Waals surface area (Å²) in [6.07, 6.45) is 0.337. The summed E-state index contributed by atoms with van der Waals surface area (Å²) in [5.74, 6) is -17.3. The molecule has 4 atom stereocenters. The molecular weight excluding hydrogens is 826 g/mol. The number of imide groups is 1. The van der Waals surface area contributed by atoms with Gasteiger partial charge in [0.05, 0.1) is 43.8 Å². The van der Waals surface area contributed by atoms with Crippen molar-refractivity contribution in [3.63, 3.8) is 0 Å². The minimum absolute atomic E-state index is 0.0216. The molecule has 304 valence electrons. The number of alkyl halides is 2. The number of anilines is 1. The van der Waals surface area contributed by atoms with Crippen LogP contribution in [-0.4, -0.2) is 64.4 Å². The number of carbonyl (C=O) groups is 2. The normalized spacial score (nSPS) is 22.6. The number of ether oxygens (including phenoxy) is 2. The number of allylic oxidation sites excluding steroid dienone is 2. The Kier molecular flexibility index (Phi) is 9.05. The first-order valence-corrected chi connectivity index (χ1v) is 17.9. The lowest BCUT2D eigenvalue weighted by molar-refractivity contribution is -0.122. The first-order valence-electron chi connectivity index (χ1n) is 17.2. The van der Waals surface area contributed by atoms with Crippen molar-refractivity contribution >= 4 is 51.7 Å². The van der Waals surface area contributed by atoms with E-state index in [1.54, 1.807) is 12.1 Å². The number of aliphatic hydroxyl groups is 1. The molecule has 8 rings (SSSR count). The molecule has 1 N–H and O–H groups in total. The van der Waals surface area contributed by atoms with Crippen molar-refractivity contribution < 1.29 is 50.5 Å². The number of rotatable bonds is 8. The summed E-state index contributed by atoms with van der Waals surface area (Å²) in [4.78, 5) is 68.6. The summed E-state index contributed by atoms with van der Waals surface area (Å²) < 4.78 is 93.9. The summed E-state index contributed by atoms with van der Waals surface area (Å²) >= 11 is 14.1. The van der Waals surface area contributed by atoms with Gasteiger partial charge in [0.2, 0.25) is 5.82 Å². The lowest BCUT2D eigenvalue weighted by Crippen LogP contribution is -2.59. The summed E-state index contributed by atoms with van der Waals surface area (Å²) in [6, 6.07) is 4.21. The van der Waals surface area contributed by atoms with Crippen LogP contribution in [0.4, 0.5) is 27.6 Å². The van der Waals surface area contributed by atoms with Crippen LogP contribution in [0.3, 0.4) is 0 Å². The van der Waals surface area contributed by atoms with Gasteiger partial charge >= 0.3 is 11.4 Å². The van der Waals surface area contributed by atoms with Crippen LogP contribution in [-0.2, 0) is 42.8 Å². The molecule has 1 aliphatic carbocycles. The maximum atomic E-state index is 15.2. The summed E-state index contributed by atoms with van der Waals surface area (Å²) in [5.41, 5.74) is -3.54. The number of methoxy groups -OCH3 is 2. The summed E-state index contributed by atoms with van der Waals surface area (Å²) in [7, 11) is 4.34. The molecule has 1 saturated carbocycles. The van der Waals surface area contributed by atoms with E-state index in [1.165, 1.54) is 44.0 Å².